The molecular weight excluding hydrogens is 222 g/mol. The standard InChI is InChI=1S/C12H19NO2S/c1-5-11(3)13(4)16(14,15)12-9-7-6-8-10(12)2/h6-9,11H,5H2,1-4H3. The van der Waals surface area contributed by atoms with Crippen LogP contribution in [0.3, 0.4) is 0 Å². The van der Waals surface area contributed by atoms with Gasteiger partial charge in [0.2, 0.25) is 10.0 Å². The molecule has 1 rings (SSSR count). The maximum atomic E-state index is 12.3. The molecule has 1 atom stereocenters. The highest BCUT2D eigenvalue weighted by Gasteiger charge is 2.25. The number of sulfonamides is 1. The van der Waals surface area contributed by atoms with Gasteiger partial charge in [-0.25, -0.2) is 8.42 Å². The van der Waals surface area contributed by atoms with Crippen molar-refractivity contribution < 1.29 is 8.42 Å². The van der Waals surface area contributed by atoms with Gasteiger partial charge in [-0.05, 0) is 31.9 Å². The zero-order chi connectivity index (χ0) is 12.3. The summed E-state index contributed by atoms with van der Waals surface area (Å²) in [5.74, 6) is 0. The first-order valence-electron chi connectivity index (χ1n) is 5.45. The van der Waals surface area contributed by atoms with Crippen LogP contribution < -0.4 is 0 Å². The van der Waals surface area contributed by atoms with Crippen molar-refractivity contribution in [1.82, 2.24) is 4.31 Å². The molecule has 3 nitrogen and oxygen atoms in total. The van der Waals surface area contributed by atoms with Crippen LogP contribution in [0.15, 0.2) is 29.2 Å². The Morgan fingerprint density at radius 3 is 2.38 bits per heavy atom. The molecular formula is C12H19NO2S. The Labute approximate surface area is 98.1 Å². The molecule has 0 aliphatic carbocycles. The molecule has 0 aliphatic rings. The highest BCUT2D eigenvalue weighted by Crippen LogP contribution is 2.20. The first-order chi connectivity index (χ1) is 7.41. The van der Waals surface area contributed by atoms with Crippen molar-refractivity contribution in [2.45, 2.75) is 38.1 Å². The fraction of sp³-hybridized carbons (Fsp3) is 0.500. The highest BCUT2D eigenvalue weighted by molar-refractivity contribution is 7.89. The van der Waals surface area contributed by atoms with Crippen LogP contribution in [0.5, 0.6) is 0 Å². The minimum atomic E-state index is -3.35. The van der Waals surface area contributed by atoms with E-state index in [1.54, 1.807) is 19.2 Å². The molecule has 0 saturated heterocycles. The second-order valence-electron chi connectivity index (χ2n) is 4.04. The minimum absolute atomic E-state index is 0.0182. The van der Waals surface area contributed by atoms with E-state index in [9.17, 15) is 8.42 Å². The fourth-order valence-corrected chi connectivity index (χ4v) is 3.15. The molecule has 1 unspecified atom stereocenters. The third-order valence-electron chi connectivity index (χ3n) is 2.96. The summed E-state index contributed by atoms with van der Waals surface area (Å²) in [4.78, 5) is 0.401. The van der Waals surface area contributed by atoms with Gasteiger partial charge in [0, 0.05) is 13.1 Å². The Bertz CT molecular complexity index is 454. The van der Waals surface area contributed by atoms with Crippen LogP contribution in [0.4, 0.5) is 0 Å². The first-order valence-corrected chi connectivity index (χ1v) is 6.89. The van der Waals surface area contributed by atoms with Gasteiger partial charge in [0.15, 0.2) is 0 Å². The van der Waals surface area contributed by atoms with Crippen molar-refractivity contribution in [3.8, 4) is 0 Å². The predicted molar refractivity (Wildman–Crippen MR) is 65.9 cm³/mol. The van der Waals surface area contributed by atoms with E-state index in [0.29, 0.717) is 4.90 Å². The number of hydrogen-bond donors (Lipinski definition) is 0. The molecule has 0 radical (unpaired) electrons. The summed E-state index contributed by atoms with van der Waals surface area (Å²) in [6.07, 6.45) is 0.807. The monoisotopic (exact) mass is 241 g/mol. The quantitative estimate of drug-likeness (QED) is 0.812. The molecule has 16 heavy (non-hydrogen) atoms. The molecule has 0 aromatic heterocycles. The Balaban J connectivity index is 3.17. The number of rotatable bonds is 4. The molecule has 0 saturated carbocycles. The lowest BCUT2D eigenvalue weighted by Crippen LogP contribution is -2.34. The second-order valence-corrected chi connectivity index (χ2v) is 6.01. The van der Waals surface area contributed by atoms with Gasteiger partial charge in [-0.2, -0.15) is 4.31 Å². The van der Waals surface area contributed by atoms with Gasteiger partial charge in [0.25, 0.3) is 0 Å². The van der Waals surface area contributed by atoms with Crippen molar-refractivity contribution in [1.29, 1.82) is 0 Å². The molecule has 4 heteroatoms. The number of aryl methyl sites for hydroxylation is 1. The largest absolute Gasteiger partial charge is 0.243 e. The third kappa shape index (κ3) is 2.44. The smallest absolute Gasteiger partial charge is 0.207 e. The first kappa shape index (κ1) is 13.2. The van der Waals surface area contributed by atoms with Gasteiger partial charge in [0.05, 0.1) is 4.90 Å². The van der Waals surface area contributed by atoms with Gasteiger partial charge in [-0.1, -0.05) is 25.1 Å². The van der Waals surface area contributed by atoms with Crippen LogP contribution in [0.25, 0.3) is 0 Å². The van der Waals surface area contributed by atoms with Crippen molar-refractivity contribution in [2.24, 2.45) is 0 Å². The zero-order valence-corrected chi connectivity index (χ0v) is 11.1. The highest BCUT2D eigenvalue weighted by atomic mass is 32.2. The summed E-state index contributed by atoms with van der Waals surface area (Å²) in [6.45, 7) is 5.71. The van der Waals surface area contributed by atoms with Gasteiger partial charge in [-0.15, -0.1) is 0 Å². The van der Waals surface area contributed by atoms with Crippen LogP contribution in [0.1, 0.15) is 25.8 Å². The lowest BCUT2D eigenvalue weighted by molar-refractivity contribution is 0.380. The summed E-state index contributed by atoms with van der Waals surface area (Å²) < 4.78 is 26.0. The van der Waals surface area contributed by atoms with E-state index in [4.69, 9.17) is 0 Å². The average molecular weight is 241 g/mol. The molecule has 0 spiro atoms. The summed E-state index contributed by atoms with van der Waals surface area (Å²) in [7, 11) is -1.71. The predicted octanol–water partition coefficient (Wildman–Crippen LogP) is 2.41. The van der Waals surface area contributed by atoms with E-state index < -0.39 is 10.0 Å². The Kier molecular flexibility index (Phi) is 4.10. The van der Waals surface area contributed by atoms with E-state index in [2.05, 4.69) is 0 Å². The molecule has 0 N–H and O–H groups in total. The topological polar surface area (TPSA) is 37.4 Å². The second kappa shape index (κ2) is 4.97. The van der Waals surface area contributed by atoms with E-state index in [-0.39, 0.29) is 6.04 Å². The molecule has 90 valence electrons. The van der Waals surface area contributed by atoms with Crippen molar-refractivity contribution in [3.63, 3.8) is 0 Å². The molecule has 1 aromatic rings. The van der Waals surface area contributed by atoms with E-state index in [1.165, 1.54) is 4.31 Å². The van der Waals surface area contributed by atoms with Crippen LogP contribution in [0, 0.1) is 6.92 Å². The van der Waals surface area contributed by atoms with Crippen molar-refractivity contribution in [2.75, 3.05) is 7.05 Å². The lowest BCUT2D eigenvalue weighted by Gasteiger charge is -2.23. The van der Waals surface area contributed by atoms with Gasteiger partial charge in [-0.3, -0.25) is 0 Å². The fourth-order valence-electron chi connectivity index (χ4n) is 1.49. The maximum Gasteiger partial charge on any atom is 0.243 e. The van der Waals surface area contributed by atoms with Crippen LogP contribution in [-0.2, 0) is 10.0 Å². The average Bonchev–Trinajstić information content (AvgIpc) is 2.27. The van der Waals surface area contributed by atoms with E-state index >= 15 is 0 Å². The van der Waals surface area contributed by atoms with Crippen LogP contribution in [-0.4, -0.2) is 25.8 Å². The van der Waals surface area contributed by atoms with Gasteiger partial charge < -0.3 is 0 Å². The summed E-state index contributed by atoms with van der Waals surface area (Å²) >= 11 is 0. The Hall–Kier alpha value is -0.870. The van der Waals surface area contributed by atoms with Crippen molar-refractivity contribution in [3.05, 3.63) is 29.8 Å². The van der Waals surface area contributed by atoms with Gasteiger partial charge in [0.1, 0.15) is 0 Å². The van der Waals surface area contributed by atoms with Gasteiger partial charge >= 0.3 is 0 Å². The third-order valence-corrected chi connectivity index (χ3v) is 5.09. The zero-order valence-electron chi connectivity index (χ0n) is 10.3. The molecule has 0 heterocycles. The maximum absolute atomic E-state index is 12.3. The summed E-state index contributed by atoms with van der Waals surface area (Å²) in [5, 5.41) is 0. The molecule has 1 aromatic carbocycles. The molecule has 0 bridgehead atoms. The van der Waals surface area contributed by atoms with Crippen LogP contribution >= 0.6 is 0 Å². The van der Waals surface area contributed by atoms with Crippen LogP contribution in [0.2, 0.25) is 0 Å². The molecule has 0 aliphatic heterocycles. The number of hydrogen-bond acceptors (Lipinski definition) is 2. The number of benzene rings is 1. The Morgan fingerprint density at radius 2 is 1.88 bits per heavy atom. The molecule has 0 fully saturated rings. The molecule has 0 amide bonds. The lowest BCUT2D eigenvalue weighted by atomic mass is 10.2. The Morgan fingerprint density at radius 1 is 1.31 bits per heavy atom. The summed E-state index contributed by atoms with van der Waals surface area (Å²) in [5.41, 5.74) is 0.789. The minimum Gasteiger partial charge on any atom is -0.207 e. The van der Waals surface area contributed by atoms with E-state index in [0.717, 1.165) is 12.0 Å². The van der Waals surface area contributed by atoms with E-state index in [1.807, 2.05) is 32.9 Å². The van der Waals surface area contributed by atoms with Crippen molar-refractivity contribution >= 4 is 10.0 Å². The SMILES string of the molecule is CCC(C)N(C)S(=O)(=O)c1ccccc1C. The number of nitrogens with zero attached hydrogens (tertiary/aromatic N) is 1. The normalized spacial score (nSPS) is 14.1. The summed E-state index contributed by atoms with van der Waals surface area (Å²) in [6, 6.07) is 7.09.